The Kier molecular flexibility index (Phi) is 8.58. The van der Waals surface area contributed by atoms with Gasteiger partial charge < -0.3 is 10.1 Å². The Morgan fingerprint density at radius 1 is 1.14 bits per heavy atom. The summed E-state index contributed by atoms with van der Waals surface area (Å²) in [7, 11) is 2.21. The summed E-state index contributed by atoms with van der Waals surface area (Å²) in [6.45, 7) is 12.3. The molecule has 3 heteroatoms. The minimum atomic E-state index is 0.350. The first-order valence-corrected chi connectivity index (χ1v) is 8.18. The van der Waals surface area contributed by atoms with Crippen molar-refractivity contribution in [1.29, 1.82) is 0 Å². The molecule has 0 amide bonds. The summed E-state index contributed by atoms with van der Waals surface area (Å²) in [5.74, 6) is 0.570. The first-order valence-electron chi connectivity index (χ1n) is 8.18. The molecule has 0 aliphatic heterocycles. The third-order valence-corrected chi connectivity index (χ3v) is 3.91. The normalized spacial score (nSPS) is 14.6. The van der Waals surface area contributed by atoms with Crippen molar-refractivity contribution in [3.05, 3.63) is 35.9 Å². The zero-order valence-electron chi connectivity index (χ0n) is 14.3. The van der Waals surface area contributed by atoms with Crippen molar-refractivity contribution in [2.75, 3.05) is 33.4 Å². The van der Waals surface area contributed by atoms with Gasteiger partial charge in [0, 0.05) is 25.2 Å². The van der Waals surface area contributed by atoms with Gasteiger partial charge in [-0.15, -0.1) is 0 Å². The minimum absolute atomic E-state index is 0.350. The first kappa shape index (κ1) is 18.1. The lowest BCUT2D eigenvalue weighted by molar-refractivity contribution is 0.0820. The van der Waals surface area contributed by atoms with Crippen molar-refractivity contribution in [2.24, 2.45) is 5.92 Å². The highest BCUT2D eigenvalue weighted by atomic mass is 16.5. The van der Waals surface area contributed by atoms with E-state index in [-0.39, 0.29) is 0 Å². The molecule has 0 aliphatic rings. The highest BCUT2D eigenvalue weighted by Crippen LogP contribution is 2.25. The van der Waals surface area contributed by atoms with Crippen LogP contribution in [0.5, 0.6) is 0 Å². The van der Waals surface area contributed by atoms with Gasteiger partial charge in [0.15, 0.2) is 0 Å². The van der Waals surface area contributed by atoms with Crippen molar-refractivity contribution >= 4 is 0 Å². The highest BCUT2D eigenvalue weighted by molar-refractivity contribution is 5.21. The molecule has 0 aliphatic carbocycles. The van der Waals surface area contributed by atoms with Gasteiger partial charge in [-0.1, -0.05) is 51.1 Å². The zero-order chi connectivity index (χ0) is 15.7. The van der Waals surface area contributed by atoms with Crippen molar-refractivity contribution in [2.45, 2.75) is 39.8 Å². The molecule has 0 spiro atoms. The number of rotatable bonds is 10. The van der Waals surface area contributed by atoms with Gasteiger partial charge in [-0.25, -0.2) is 0 Å². The second kappa shape index (κ2) is 9.93. The predicted molar refractivity (Wildman–Crippen MR) is 90.6 cm³/mol. The Balaban J connectivity index is 2.87. The molecule has 120 valence electrons. The Morgan fingerprint density at radius 2 is 1.81 bits per heavy atom. The summed E-state index contributed by atoms with van der Waals surface area (Å²) >= 11 is 0. The van der Waals surface area contributed by atoms with Crippen LogP contribution in [0.3, 0.4) is 0 Å². The maximum absolute atomic E-state index is 5.52. The van der Waals surface area contributed by atoms with E-state index in [0.29, 0.717) is 18.0 Å². The van der Waals surface area contributed by atoms with Gasteiger partial charge in [0.2, 0.25) is 0 Å². The largest absolute Gasteiger partial charge is 0.380 e. The van der Waals surface area contributed by atoms with Crippen LogP contribution in [0.15, 0.2) is 30.3 Å². The van der Waals surface area contributed by atoms with Crippen LogP contribution in [0.4, 0.5) is 0 Å². The maximum atomic E-state index is 5.52. The smallest absolute Gasteiger partial charge is 0.0593 e. The van der Waals surface area contributed by atoms with E-state index in [4.69, 9.17) is 4.74 Å². The zero-order valence-corrected chi connectivity index (χ0v) is 14.3. The lowest BCUT2D eigenvalue weighted by Crippen LogP contribution is -2.47. The molecule has 0 radical (unpaired) electrons. The average molecular weight is 292 g/mol. The van der Waals surface area contributed by atoms with E-state index in [0.717, 1.165) is 26.3 Å². The summed E-state index contributed by atoms with van der Waals surface area (Å²) in [6.07, 6.45) is 0. The minimum Gasteiger partial charge on any atom is -0.380 e. The molecule has 2 atom stereocenters. The van der Waals surface area contributed by atoms with E-state index in [9.17, 15) is 0 Å². The average Bonchev–Trinajstić information content (AvgIpc) is 2.47. The van der Waals surface area contributed by atoms with Crippen molar-refractivity contribution in [3.63, 3.8) is 0 Å². The number of benzene rings is 1. The van der Waals surface area contributed by atoms with Crippen molar-refractivity contribution in [1.82, 2.24) is 10.2 Å². The second-order valence-corrected chi connectivity index (χ2v) is 5.86. The van der Waals surface area contributed by atoms with Gasteiger partial charge in [0.05, 0.1) is 6.61 Å². The monoisotopic (exact) mass is 292 g/mol. The van der Waals surface area contributed by atoms with Crippen LogP contribution < -0.4 is 5.32 Å². The van der Waals surface area contributed by atoms with E-state index < -0.39 is 0 Å². The molecule has 0 aromatic heterocycles. The third kappa shape index (κ3) is 5.77. The topological polar surface area (TPSA) is 24.5 Å². The number of ether oxygens (including phenoxy) is 1. The summed E-state index contributed by atoms with van der Waals surface area (Å²) < 4.78 is 5.52. The Bertz CT molecular complexity index is 367. The van der Waals surface area contributed by atoms with Crippen LogP contribution in [-0.4, -0.2) is 44.3 Å². The van der Waals surface area contributed by atoms with Crippen LogP contribution in [-0.2, 0) is 4.74 Å². The van der Waals surface area contributed by atoms with Gasteiger partial charge in [-0.05, 0) is 32.0 Å². The lowest BCUT2D eigenvalue weighted by atomic mass is 9.90. The van der Waals surface area contributed by atoms with Crippen LogP contribution in [0.1, 0.15) is 39.3 Å². The molecule has 1 aromatic rings. The Hall–Kier alpha value is -0.900. The fraction of sp³-hybridized carbons (Fsp3) is 0.667. The third-order valence-electron chi connectivity index (χ3n) is 3.91. The van der Waals surface area contributed by atoms with Crippen LogP contribution >= 0.6 is 0 Å². The van der Waals surface area contributed by atoms with Crippen molar-refractivity contribution in [3.8, 4) is 0 Å². The van der Waals surface area contributed by atoms with E-state index in [1.807, 2.05) is 6.92 Å². The Morgan fingerprint density at radius 3 is 2.33 bits per heavy atom. The molecule has 0 saturated heterocycles. The van der Waals surface area contributed by atoms with E-state index in [2.05, 4.69) is 68.4 Å². The number of nitrogens with one attached hydrogen (secondary N) is 1. The van der Waals surface area contributed by atoms with Gasteiger partial charge in [-0.3, -0.25) is 4.90 Å². The summed E-state index contributed by atoms with van der Waals surface area (Å²) in [4.78, 5) is 2.43. The first-order chi connectivity index (χ1) is 10.1. The molecule has 0 fully saturated rings. The molecule has 1 aromatic carbocycles. The molecule has 2 unspecified atom stereocenters. The molecular formula is C18H32N2O. The van der Waals surface area contributed by atoms with Crippen molar-refractivity contribution < 1.29 is 4.74 Å². The fourth-order valence-electron chi connectivity index (χ4n) is 2.97. The van der Waals surface area contributed by atoms with E-state index in [1.54, 1.807) is 0 Å². The molecule has 21 heavy (non-hydrogen) atoms. The van der Waals surface area contributed by atoms with E-state index in [1.165, 1.54) is 5.56 Å². The SMILES string of the molecule is CCNC(c1ccccc1)C(C(C)C)N(C)CCOCC. The molecule has 0 heterocycles. The van der Waals surface area contributed by atoms with Gasteiger partial charge >= 0.3 is 0 Å². The maximum Gasteiger partial charge on any atom is 0.0593 e. The summed E-state index contributed by atoms with van der Waals surface area (Å²) in [5.41, 5.74) is 1.36. The standard InChI is InChI=1S/C18H32N2O/c1-6-19-17(16-11-9-8-10-12-16)18(15(3)4)20(5)13-14-21-7-2/h8-12,15,17-19H,6-7,13-14H2,1-5H3. The summed E-state index contributed by atoms with van der Waals surface area (Å²) in [5, 5.41) is 3.67. The molecule has 1 rings (SSSR count). The molecule has 3 nitrogen and oxygen atoms in total. The van der Waals surface area contributed by atoms with E-state index >= 15 is 0 Å². The summed E-state index contributed by atoms with van der Waals surface area (Å²) in [6, 6.07) is 11.6. The van der Waals surface area contributed by atoms with Gasteiger partial charge in [-0.2, -0.15) is 0 Å². The fourth-order valence-corrected chi connectivity index (χ4v) is 2.97. The number of hydrogen-bond donors (Lipinski definition) is 1. The lowest BCUT2D eigenvalue weighted by Gasteiger charge is -2.38. The number of nitrogens with zero attached hydrogens (tertiary/aromatic N) is 1. The quantitative estimate of drug-likeness (QED) is 0.669. The van der Waals surface area contributed by atoms with Gasteiger partial charge in [0.1, 0.15) is 0 Å². The predicted octanol–water partition coefficient (Wildman–Crippen LogP) is 3.33. The number of likely N-dealkylation sites (N-methyl/N-ethyl adjacent to an activating group) is 2. The second-order valence-electron chi connectivity index (χ2n) is 5.86. The van der Waals surface area contributed by atoms with Gasteiger partial charge in [0.25, 0.3) is 0 Å². The highest BCUT2D eigenvalue weighted by Gasteiger charge is 2.28. The molecule has 1 N–H and O–H groups in total. The van der Waals surface area contributed by atoms with Crippen LogP contribution in [0.2, 0.25) is 0 Å². The Labute approximate surface area is 130 Å². The van der Waals surface area contributed by atoms with Crippen LogP contribution in [0.25, 0.3) is 0 Å². The molecular weight excluding hydrogens is 260 g/mol. The van der Waals surface area contributed by atoms with Crippen LogP contribution in [0, 0.1) is 5.92 Å². The molecule has 0 saturated carbocycles. The number of hydrogen-bond acceptors (Lipinski definition) is 3. The molecule has 0 bridgehead atoms.